The van der Waals surface area contributed by atoms with Crippen LogP contribution in [0, 0.1) is 0 Å². The van der Waals surface area contributed by atoms with Gasteiger partial charge in [0.05, 0.1) is 22.9 Å². The number of fused-ring (bicyclic) bond motifs is 6. The zero-order valence-corrected chi connectivity index (χ0v) is 21.3. The summed E-state index contributed by atoms with van der Waals surface area (Å²) in [7, 11) is 0. The van der Waals surface area contributed by atoms with Gasteiger partial charge in [-0.3, -0.25) is 24.2 Å². The van der Waals surface area contributed by atoms with E-state index in [1.54, 1.807) is 29.2 Å². The van der Waals surface area contributed by atoms with Gasteiger partial charge in [-0.25, -0.2) is 0 Å². The average Bonchev–Trinajstić information content (AvgIpc) is 3.25. The van der Waals surface area contributed by atoms with Crippen molar-refractivity contribution in [3.05, 3.63) is 138 Å². The van der Waals surface area contributed by atoms with Gasteiger partial charge in [0.25, 0.3) is 17.7 Å². The molecule has 2 aliphatic rings. The molecular formula is C35H22N2O3. The number of nitrogens with zero attached hydrogens (tertiary/aromatic N) is 2. The summed E-state index contributed by atoms with van der Waals surface area (Å²) in [5.74, 6) is -1.11. The Morgan fingerprint density at radius 3 is 1.75 bits per heavy atom. The molecule has 0 radical (unpaired) electrons. The maximum atomic E-state index is 14.2. The minimum Gasteiger partial charge on any atom is -0.300 e. The van der Waals surface area contributed by atoms with Crippen molar-refractivity contribution in [3.8, 4) is 0 Å². The highest BCUT2D eigenvalue weighted by Gasteiger charge is 2.57. The maximum Gasteiger partial charge on any atom is 0.262 e. The van der Waals surface area contributed by atoms with E-state index in [0.717, 1.165) is 43.6 Å². The Hall–Kier alpha value is -5.29. The molecule has 2 aliphatic heterocycles. The van der Waals surface area contributed by atoms with Crippen LogP contribution in [0.1, 0.15) is 32.3 Å². The third kappa shape index (κ3) is 3.00. The van der Waals surface area contributed by atoms with E-state index in [1.165, 1.54) is 4.90 Å². The van der Waals surface area contributed by atoms with Crippen LogP contribution in [-0.2, 0) is 4.79 Å². The summed E-state index contributed by atoms with van der Waals surface area (Å²) in [6, 6.07) is 37.7. The zero-order valence-electron chi connectivity index (χ0n) is 21.3. The van der Waals surface area contributed by atoms with E-state index in [-0.39, 0.29) is 5.91 Å². The Morgan fingerprint density at radius 2 is 1.02 bits per heavy atom. The van der Waals surface area contributed by atoms with Crippen molar-refractivity contribution in [2.24, 2.45) is 0 Å². The molecule has 40 heavy (non-hydrogen) atoms. The Bertz CT molecular complexity index is 2010. The lowest BCUT2D eigenvalue weighted by Gasteiger charge is -2.50. The van der Waals surface area contributed by atoms with Gasteiger partial charge >= 0.3 is 0 Å². The van der Waals surface area contributed by atoms with Gasteiger partial charge in [-0.05, 0) is 50.7 Å². The van der Waals surface area contributed by atoms with Gasteiger partial charge in [-0.15, -0.1) is 0 Å². The number of hydrogen-bond donors (Lipinski definition) is 0. The highest BCUT2D eigenvalue weighted by atomic mass is 16.2. The first-order valence-electron chi connectivity index (χ1n) is 13.3. The second kappa shape index (κ2) is 8.35. The van der Waals surface area contributed by atoms with Gasteiger partial charge < -0.3 is 0 Å². The minimum absolute atomic E-state index is 0.270. The van der Waals surface area contributed by atoms with Crippen LogP contribution < -0.4 is 4.90 Å². The molecule has 190 valence electrons. The molecular weight excluding hydrogens is 496 g/mol. The Labute approximate surface area is 229 Å². The molecule has 2 heterocycles. The van der Waals surface area contributed by atoms with E-state index < -0.39 is 23.9 Å². The largest absolute Gasteiger partial charge is 0.300 e. The third-order valence-electron chi connectivity index (χ3n) is 8.32. The highest BCUT2D eigenvalue weighted by molar-refractivity contribution is 6.27. The summed E-state index contributed by atoms with van der Waals surface area (Å²) in [5.41, 5.74) is 2.32. The molecule has 6 aromatic rings. The number of hydrogen-bond acceptors (Lipinski definition) is 3. The number of amides is 3. The zero-order chi connectivity index (χ0) is 27.0. The molecule has 5 nitrogen and oxygen atoms in total. The normalized spacial score (nSPS) is 18.6. The van der Waals surface area contributed by atoms with Crippen LogP contribution in [0.4, 0.5) is 5.69 Å². The van der Waals surface area contributed by atoms with Gasteiger partial charge in [-0.2, -0.15) is 0 Å². The summed E-state index contributed by atoms with van der Waals surface area (Å²) in [6.07, 6.45) is 0. The monoisotopic (exact) mass is 518 g/mol. The molecule has 0 aliphatic carbocycles. The lowest BCUT2D eigenvalue weighted by molar-refractivity contribution is -0.130. The quantitative estimate of drug-likeness (QED) is 0.146. The summed E-state index contributed by atoms with van der Waals surface area (Å²) in [6.45, 7) is 0. The van der Waals surface area contributed by atoms with Crippen LogP contribution >= 0.6 is 0 Å². The SMILES string of the molecule is O=C1c2ccccc2C(=O)N1[C@@H]1C(=O)N(c2cc3c4ccccc4ccc3c3ccccc23)[C@H]1c1ccccc1. The van der Waals surface area contributed by atoms with Crippen molar-refractivity contribution in [1.29, 1.82) is 0 Å². The first-order valence-corrected chi connectivity index (χ1v) is 13.3. The van der Waals surface area contributed by atoms with Crippen LogP contribution in [0.25, 0.3) is 32.3 Å². The fraction of sp³-hybridized carbons (Fsp3) is 0.0571. The van der Waals surface area contributed by atoms with Crippen LogP contribution in [0.15, 0.2) is 121 Å². The molecule has 6 aromatic carbocycles. The van der Waals surface area contributed by atoms with E-state index in [0.29, 0.717) is 11.1 Å². The molecule has 0 bridgehead atoms. The summed E-state index contributed by atoms with van der Waals surface area (Å²) in [4.78, 5) is 44.1. The molecule has 2 atom stereocenters. The van der Waals surface area contributed by atoms with E-state index in [1.807, 2.05) is 60.7 Å². The van der Waals surface area contributed by atoms with Gasteiger partial charge in [0.1, 0.15) is 6.04 Å². The van der Waals surface area contributed by atoms with Gasteiger partial charge in [0, 0.05) is 5.39 Å². The number of carbonyl (C=O) groups excluding carboxylic acids is 3. The summed E-state index contributed by atoms with van der Waals surface area (Å²) < 4.78 is 0. The maximum absolute atomic E-state index is 14.2. The van der Waals surface area contributed by atoms with Crippen LogP contribution in [0.5, 0.6) is 0 Å². The lowest BCUT2D eigenvalue weighted by atomic mass is 9.85. The first-order chi connectivity index (χ1) is 19.6. The van der Waals surface area contributed by atoms with Crippen molar-refractivity contribution in [2.75, 3.05) is 4.90 Å². The second-order valence-electron chi connectivity index (χ2n) is 10.4. The van der Waals surface area contributed by atoms with Gasteiger partial charge in [0.2, 0.25) is 0 Å². The average molecular weight is 519 g/mol. The predicted molar refractivity (Wildman–Crippen MR) is 156 cm³/mol. The number of benzene rings is 6. The summed E-state index contributed by atoms with van der Waals surface area (Å²) >= 11 is 0. The van der Waals surface area contributed by atoms with E-state index >= 15 is 0 Å². The van der Waals surface area contributed by atoms with E-state index in [9.17, 15) is 14.4 Å². The van der Waals surface area contributed by atoms with Crippen molar-refractivity contribution in [2.45, 2.75) is 12.1 Å². The number of imide groups is 1. The van der Waals surface area contributed by atoms with Crippen molar-refractivity contribution < 1.29 is 14.4 Å². The standard InChI is InChI=1S/C35H22N2O3/c38-33-27-16-8-9-17-28(27)34(39)37(33)32-31(22-11-2-1-3-12-22)36(35(32)40)30-20-29-23-13-5-4-10-21(23)18-19-25(29)24-14-6-7-15-26(24)30/h1-20,31-32H/t31-,32-/m0/s1. The number of β-lactam (4-membered cyclic amide) rings is 1. The van der Waals surface area contributed by atoms with Crippen molar-refractivity contribution in [1.82, 2.24) is 4.90 Å². The van der Waals surface area contributed by atoms with E-state index in [4.69, 9.17) is 0 Å². The van der Waals surface area contributed by atoms with Gasteiger partial charge in [-0.1, -0.05) is 103 Å². The molecule has 0 N–H and O–H groups in total. The highest BCUT2D eigenvalue weighted by Crippen LogP contribution is 2.48. The second-order valence-corrected chi connectivity index (χ2v) is 10.4. The molecule has 3 amide bonds. The molecule has 8 rings (SSSR count). The fourth-order valence-electron chi connectivity index (χ4n) is 6.48. The predicted octanol–water partition coefficient (Wildman–Crippen LogP) is 6.90. The molecule has 5 heteroatoms. The topological polar surface area (TPSA) is 57.7 Å². The smallest absolute Gasteiger partial charge is 0.262 e. The number of anilines is 1. The lowest BCUT2D eigenvalue weighted by Crippen LogP contribution is -2.67. The molecule has 0 aromatic heterocycles. The van der Waals surface area contributed by atoms with Gasteiger partial charge in [0.15, 0.2) is 0 Å². The van der Waals surface area contributed by atoms with Crippen molar-refractivity contribution >= 4 is 55.7 Å². The van der Waals surface area contributed by atoms with Crippen molar-refractivity contribution in [3.63, 3.8) is 0 Å². The molecule has 0 saturated carbocycles. The fourth-order valence-corrected chi connectivity index (χ4v) is 6.48. The number of rotatable bonds is 3. The third-order valence-corrected chi connectivity index (χ3v) is 8.32. The molecule has 1 fully saturated rings. The Morgan fingerprint density at radius 1 is 0.450 bits per heavy atom. The van der Waals surface area contributed by atoms with Crippen LogP contribution in [0.3, 0.4) is 0 Å². The molecule has 0 unspecified atom stereocenters. The number of carbonyl (C=O) groups is 3. The Balaban J connectivity index is 1.35. The van der Waals surface area contributed by atoms with Crippen LogP contribution in [0.2, 0.25) is 0 Å². The Kier molecular flexibility index (Phi) is 4.73. The van der Waals surface area contributed by atoms with Crippen LogP contribution in [-0.4, -0.2) is 28.7 Å². The summed E-state index contributed by atoms with van der Waals surface area (Å²) in [5, 5.41) is 6.38. The molecule has 1 saturated heterocycles. The van der Waals surface area contributed by atoms with E-state index in [2.05, 4.69) is 36.4 Å². The molecule has 0 spiro atoms. The minimum atomic E-state index is -0.934. The first kappa shape index (κ1) is 22.7.